The van der Waals surface area contributed by atoms with Crippen molar-refractivity contribution in [1.29, 1.82) is 0 Å². The number of carbonyl (C=O) groups is 1. The molecule has 8 nitrogen and oxygen atoms in total. The van der Waals surface area contributed by atoms with Gasteiger partial charge in [-0.1, -0.05) is 90.6 Å². The predicted octanol–water partition coefficient (Wildman–Crippen LogP) is 6.72. The summed E-state index contributed by atoms with van der Waals surface area (Å²) in [6.45, 7) is 7.56. The quantitative estimate of drug-likeness (QED) is 0.236. The lowest BCUT2D eigenvalue weighted by Crippen LogP contribution is -2.28. The van der Waals surface area contributed by atoms with E-state index in [-0.39, 0.29) is 5.41 Å². The zero-order chi connectivity index (χ0) is 28.5. The summed E-state index contributed by atoms with van der Waals surface area (Å²) < 4.78 is 37.0. The Morgan fingerprint density at radius 3 is 2.12 bits per heavy atom. The largest absolute Gasteiger partial charge is 0.441 e. The van der Waals surface area contributed by atoms with E-state index in [0.29, 0.717) is 22.8 Å². The van der Waals surface area contributed by atoms with Crippen LogP contribution in [0.15, 0.2) is 95.7 Å². The second kappa shape index (κ2) is 10.7. The van der Waals surface area contributed by atoms with E-state index in [4.69, 9.17) is 9.26 Å². The average molecular weight is 558 g/mol. The van der Waals surface area contributed by atoms with Crippen LogP contribution in [0.1, 0.15) is 42.7 Å². The van der Waals surface area contributed by atoms with Crippen LogP contribution in [0.5, 0.6) is 0 Å². The van der Waals surface area contributed by atoms with Crippen LogP contribution in [0, 0.1) is 6.92 Å². The van der Waals surface area contributed by atoms with Gasteiger partial charge in [0.25, 0.3) is 0 Å². The number of hydrogen-bond acceptors (Lipinski definition) is 6. The van der Waals surface area contributed by atoms with Gasteiger partial charge in [-0.05, 0) is 48.9 Å². The number of carbonyl (C=O) groups excluding carboxylic acids is 1. The van der Waals surface area contributed by atoms with Gasteiger partial charge in [0.1, 0.15) is 17.5 Å². The lowest BCUT2D eigenvalue weighted by atomic mass is 9.91. The van der Waals surface area contributed by atoms with E-state index >= 15 is 0 Å². The maximum absolute atomic E-state index is 12.6. The summed E-state index contributed by atoms with van der Waals surface area (Å²) in [5, 5.41) is 6.83. The summed E-state index contributed by atoms with van der Waals surface area (Å²) >= 11 is 0. The van der Waals surface area contributed by atoms with Crippen molar-refractivity contribution in [3.05, 3.63) is 108 Å². The van der Waals surface area contributed by atoms with Gasteiger partial charge < -0.3 is 9.26 Å². The molecule has 2 N–H and O–H groups in total. The van der Waals surface area contributed by atoms with Crippen LogP contribution >= 0.6 is 0 Å². The normalized spacial score (nSPS) is 14.7. The molecule has 40 heavy (non-hydrogen) atoms. The van der Waals surface area contributed by atoms with Crippen molar-refractivity contribution in [1.82, 2.24) is 9.88 Å². The van der Waals surface area contributed by atoms with Crippen molar-refractivity contribution in [2.45, 2.75) is 38.2 Å². The number of nitrogens with zero attached hydrogens (tertiary/aromatic N) is 1. The molecule has 1 aliphatic rings. The third kappa shape index (κ3) is 5.79. The Morgan fingerprint density at radius 1 is 0.975 bits per heavy atom. The SMILES string of the molecule is C=C(NS(C)(=O)=O)C1(c2ccc(-c3ccc(-c4onc(C)c4NC(=O)O[C@H](C)c4ccccc4)cc3)cc2)CC1. The number of rotatable bonds is 9. The van der Waals surface area contributed by atoms with E-state index in [1.807, 2.05) is 85.8 Å². The van der Waals surface area contributed by atoms with E-state index in [1.165, 1.54) is 0 Å². The number of benzene rings is 3. The van der Waals surface area contributed by atoms with Crippen molar-refractivity contribution in [3.63, 3.8) is 0 Å². The number of allylic oxidation sites excluding steroid dienone is 1. The molecule has 3 aromatic carbocycles. The van der Waals surface area contributed by atoms with Gasteiger partial charge >= 0.3 is 6.09 Å². The standard InChI is InChI=1S/C31H31N3O5S/c1-20-28(32-30(35)38-21(2)23-8-6-5-7-9-23)29(39-33-20)26-12-10-24(11-13-26)25-14-16-27(17-15-25)31(18-19-31)22(3)34-40(4,36)37/h5-17,21,34H,3,18-19H2,1-2,4H3,(H,32,35)/t21-/m1/s1. The zero-order valence-electron chi connectivity index (χ0n) is 22.6. The molecule has 5 rings (SSSR count). The molecule has 206 valence electrons. The first-order valence-corrected chi connectivity index (χ1v) is 14.8. The monoisotopic (exact) mass is 557 g/mol. The molecule has 1 atom stereocenters. The van der Waals surface area contributed by atoms with Crippen molar-refractivity contribution in [2.24, 2.45) is 0 Å². The molecular formula is C31H31N3O5S. The number of amides is 1. The second-order valence-corrected chi connectivity index (χ2v) is 11.9. The number of ether oxygens (including phenoxy) is 1. The Hall–Kier alpha value is -4.37. The highest BCUT2D eigenvalue weighted by Gasteiger charge is 2.47. The number of sulfonamides is 1. The first-order valence-electron chi connectivity index (χ1n) is 12.9. The molecule has 1 aromatic heterocycles. The van der Waals surface area contributed by atoms with Crippen LogP contribution in [-0.2, 0) is 20.2 Å². The number of aromatic nitrogens is 1. The Morgan fingerprint density at radius 2 is 1.55 bits per heavy atom. The molecular weight excluding hydrogens is 526 g/mol. The first-order chi connectivity index (χ1) is 19.1. The van der Waals surface area contributed by atoms with E-state index in [2.05, 4.69) is 21.8 Å². The van der Waals surface area contributed by atoms with Crippen molar-refractivity contribution in [2.75, 3.05) is 11.6 Å². The van der Waals surface area contributed by atoms with Crippen LogP contribution < -0.4 is 10.0 Å². The minimum Gasteiger partial charge on any atom is -0.441 e. The molecule has 0 spiro atoms. The molecule has 1 aliphatic carbocycles. The van der Waals surface area contributed by atoms with Gasteiger partial charge in [-0.15, -0.1) is 0 Å². The van der Waals surface area contributed by atoms with E-state index in [0.717, 1.165) is 46.9 Å². The second-order valence-electron chi connectivity index (χ2n) is 10.1. The molecule has 0 saturated heterocycles. The molecule has 1 saturated carbocycles. The molecule has 0 aliphatic heterocycles. The summed E-state index contributed by atoms with van der Waals surface area (Å²) in [6, 6.07) is 25.4. The smallest absolute Gasteiger partial charge is 0.412 e. The highest BCUT2D eigenvalue weighted by molar-refractivity contribution is 7.88. The number of aryl methyl sites for hydroxylation is 1. The van der Waals surface area contributed by atoms with Crippen molar-refractivity contribution >= 4 is 21.8 Å². The maximum atomic E-state index is 12.6. The number of anilines is 1. The summed E-state index contributed by atoms with van der Waals surface area (Å²) in [5.74, 6) is 0.441. The van der Waals surface area contributed by atoms with Gasteiger partial charge in [-0.3, -0.25) is 10.0 Å². The van der Waals surface area contributed by atoms with Gasteiger partial charge in [0.2, 0.25) is 10.0 Å². The molecule has 9 heteroatoms. The fraction of sp³-hybridized carbons (Fsp3) is 0.226. The Labute approximate surface area is 234 Å². The van der Waals surface area contributed by atoms with Crippen LogP contribution in [0.25, 0.3) is 22.5 Å². The molecule has 0 unspecified atom stereocenters. The predicted molar refractivity (Wildman–Crippen MR) is 155 cm³/mol. The molecule has 1 fully saturated rings. The lowest BCUT2D eigenvalue weighted by molar-refractivity contribution is 0.121. The van der Waals surface area contributed by atoms with E-state index in [1.54, 1.807) is 6.92 Å². The minimum absolute atomic E-state index is 0.348. The first kappa shape index (κ1) is 27.2. The van der Waals surface area contributed by atoms with Gasteiger partial charge in [0.05, 0.1) is 6.26 Å². The lowest BCUT2D eigenvalue weighted by Gasteiger charge is -2.20. The summed E-state index contributed by atoms with van der Waals surface area (Å²) in [5.41, 5.74) is 5.86. The molecule has 0 bridgehead atoms. The van der Waals surface area contributed by atoms with Gasteiger partial charge in [-0.25, -0.2) is 13.2 Å². The van der Waals surface area contributed by atoms with Gasteiger partial charge in [-0.2, -0.15) is 0 Å². The van der Waals surface area contributed by atoms with Crippen LogP contribution in [0.4, 0.5) is 10.5 Å². The summed E-state index contributed by atoms with van der Waals surface area (Å²) in [7, 11) is -3.37. The molecule has 1 heterocycles. The third-order valence-electron chi connectivity index (χ3n) is 7.20. The summed E-state index contributed by atoms with van der Waals surface area (Å²) in [6.07, 6.45) is 1.84. The van der Waals surface area contributed by atoms with Crippen molar-refractivity contribution in [3.8, 4) is 22.5 Å². The van der Waals surface area contributed by atoms with Gasteiger partial charge in [0.15, 0.2) is 5.76 Å². The third-order valence-corrected chi connectivity index (χ3v) is 7.81. The number of hydrogen-bond donors (Lipinski definition) is 2. The fourth-order valence-corrected chi connectivity index (χ4v) is 5.45. The highest BCUT2D eigenvalue weighted by Crippen LogP contribution is 2.52. The number of nitrogens with one attached hydrogen (secondary N) is 2. The average Bonchev–Trinajstić information content (AvgIpc) is 3.67. The minimum atomic E-state index is -3.37. The van der Waals surface area contributed by atoms with Crippen LogP contribution in [0.2, 0.25) is 0 Å². The highest BCUT2D eigenvalue weighted by atomic mass is 32.2. The molecule has 1 amide bonds. The Balaban J connectivity index is 1.29. The fourth-order valence-electron chi connectivity index (χ4n) is 4.81. The Kier molecular flexibility index (Phi) is 7.25. The van der Waals surface area contributed by atoms with E-state index < -0.39 is 22.2 Å². The van der Waals surface area contributed by atoms with Crippen molar-refractivity contribution < 1.29 is 22.5 Å². The topological polar surface area (TPSA) is 111 Å². The molecule has 4 aromatic rings. The maximum Gasteiger partial charge on any atom is 0.412 e. The van der Waals surface area contributed by atoms with Crippen LogP contribution in [0.3, 0.4) is 0 Å². The van der Waals surface area contributed by atoms with E-state index in [9.17, 15) is 13.2 Å². The zero-order valence-corrected chi connectivity index (χ0v) is 23.4. The Bertz CT molecular complexity index is 1640. The summed E-state index contributed by atoms with van der Waals surface area (Å²) in [4.78, 5) is 12.6. The molecule has 0 radical (unpaired) electrons. The van der Waals surface area contributed by atoms with Gasteiger partial charge in [0, 0.05) is 16.7 Å². The van der Waals surface area contributed by atoms with Crippen LogP contribution in [-0.4, -0.2) is 25.9 Å².